The monoisotopic (exact) mass is 221 g/mol. The van der Waals surface area contributed by atoms with Crippen LogP contribution in [0.3, 0.4) is 0 Å². The number of benzene rings is 1. The summed E-state index contributed by atoms with van der Waals surface area (Å²) < 4.78 is 13.4. The van der Waals surface area contributed by atoms with Gasteiger partial charge in [-0.25, -0.2) is 4.39 Å². The van der Waals surface area contributed by atoms with Crippen molar-refractivity contribution in [2.75, 3.05) is 25.5 Å². The summed E-state index contributed by atoms with van der Waals surface area (Å²) in [4.78, 5) is 0. The van der Waals surface area contributed by atoms with E-state index in [2.05, 4.69) is 17.6 Å². The maximum absolute atomic E-state index is 13.4. The van der Waals surface area contributed by atoms with Gasteiger partial charge in [-0.1, -0.05) is 6.92 Å². The van der Waals surface area contributed by atoms with E-state index >= 15 is 0 Å². The molecular weight excluding hydrogens is 205 g/mol. The van der Waals surface area contributed by atoms with Crippen molar-refractivity contribution >= 4 is 5.69 Å². The summed E-state index contributed by atoms with van der Waals surface area (Å²) in [5.41, 5.74) is 0.785. The zero-order valence-electron chi connectivity index (χ0n) is 9.55. The molecule has 16 heavy (non-hydrogen) atoms. The van der Waals surface area contributed by atoms with E-state index in [1.165, 1.54) is 6.07 Å². The second-order valence-electron chi connectivity index (χ2n) is 3.85. The molecule has 0 fully saturated rings. The Bertz CT molecular complexity index is 384. The second kappa shape index (κ2) is 6.09. The highest BCUT2D eigenvalue weighted by molar-refractivity contribution is 5.48. The highest BCUT2D eigenvalue weighted by atomic mass is 19.1. The van der Waals surface area contributed by atoms with Crippen molar-refractivity contribution in [3.8, 4) is 6.07 Å². The maximum atomic E-state index is 13.4. The molecule has 0 saturated heterocycles. The van der Waals surface area contributed by atoms with E-state index < -0.39 is 0 Å². The molecule has 0 aliphatic heterocycles. The number of anilines is 1. The van der Waals surface area contributed by atoms with E-state index in [1.807, 2.05) is 13.1 Å². The summed E-state index contributed by atoms with van der Waals surface area (Å²) in [5, 5.41) is 14.7. The number of nitriles is 1. The molecule has 1 rings (SSSR count). The summed E-state index contributed by atoms with van der Waals surface area (Å²) in [6, 6.07) is 6.35. The van der Waals surface area contributed by atoms with E-state index in [4.69, 9.17) is 5.26 Å². The predicted octanol–water partition coefficient (Wildman–Crippen LogP) is 1.96. The maximum Gasteiger partial charge on any atom is 0.147 e. The van der Waals surface area contributed by atoms with E-state index in [1.54, 1.807) is 12.1 Å². The van der Waals surface area contributed by atoms with Crippen LogP contribution in [-0.2, 0) is 0 Å². The zero-order chi connectivity index (χ0) is 12.0. The molecule has 1 atom stereocenters. The summed E-state index contributed by atoms with van der Waals surface area (Å²) in [6.45, 7) is 3.65. The quantitative estimate of drug-likeness (QED) is 0.799. The molecule has 3 nitrogen and oxygen atoms in total. The lowest BCUT2D eigenvalue weighted by atomic mass is 10.1. The first-order valence-corrected chi connectivity index (χ1v) is 5.25. The molecule has 0 bridgehead atoms. The lowest BCUT2D eigenvalue weighted by Crippen LogP contribution is -2.23. The van der Waals surface area contributed by atoms with Crippen LogP contribution >= 0.6 is 0 Å². The van der Waals surface area contributed by atoms with Crippen molar-refractivity contribution < 1.29 is 4.39 Å². The van der Waals surface area contributed by atoms with Crippen molar-refractivity contribution in [1.29, 1.82) is 5.26 Å². The van der Waals surface area contributed by atoms with Crippen LogP contribution in [0, 0.1) is 23.1 Å². The van der Waals surface area contributed by atoms with Crippen LogP contribution in [0.4, 0.5) is 10.1 Å². The van der Waals surface area contributed by atoms with Gasteiger partial charge in [0.05, 0.1) is 17.3 Å². The van der Waals surface area contributed by atoms with Gasteiger partial charge in [0.1, 0.15) is 5.82 Å². The minimum Gasteiger partial charge on any atom is -0.382 e. The molecule has 0 spiro atoms. The van der Waals surface area contributed by atoms with Crippen molar-refractivity contribution in [2.24, 2.45) is 5.92 Å². The highest BCUT2D eigenvalue weighted by Gasteiger charge is 2.05. The Balaban J connectivity index is 2.58. The first-order valence-electron chi connectivity index (χ1n) is 5.25. The van der Waals surface area contributed by atoms with Gasteiger partial charge in [0.25, 0.3) is 0 Å². The molecule has 2 N–H and O–H groups in total. The van der Waals surface area contributed by atoms with E-state index in [9.17, 15) is 4.39 Å². The van der Waals surface area contributed by atoms with Crippen LogP contribution in [0.2, 0.25) is 0 Å². The van der Waals surface area contributed by atoms with Crippen LogP contribution < -0.4 is 10.6 Å². The predicted molar refractivity (Wildman–Crippen MR) is 62.7 cm³/mol. The average molecular weight is 221 g/mol. The molecule has 0 heterocycles. The minimum absolute atomic E-state index is 0.339. The Morgan fingerprint density at radius 2 is 2.19 bits per heavy atom. The van der Waals surface area contributed by atoms with Gasteiger partial charge >= 0.3 is 0 Å². The van der Waals surface area contributed by atoms with E-state index in [-0.39, 0.29) is 5.82 Å². The summed E-state index contributed by atoms with van der Waals surface area (Å²) in [6.07, 6.45) is 0. The smallest absolute Gasteiger partial charge is 0.147 e. The lowest BCUT2D eigenvalue weighted by molar-refractivity contribution is 0.565. The SMILES string of the molecule is CNCC(C)CNc1ccc(C#N)cc1F. The van der Waals surface area contributed by atoms with Gasteiger partial charge in [-0.05, 0) is 37.7 Å². The van der Waals surface area contributed by atoms with Crippen molar-refractivity contribution in [2.45, 2.75) is 6.92 Å². The molecule has 86 valence electrons. The molecule has 0 saturated carbocycles. The number of halogens is 1. The average Bonchev–Trinajstić information content (AvgIpc) is 2.27. The third-order valence-corrected chi connectivity index (χ3v) is 2.29. The largest absolute Gasteiger partial charge is 0.382 e. The normalized spacial score (nSPS) is 11.9. The second-order valence-corrected chi connectivity index (χ2v) is 3.85. The van der Waals surface area contributed by atoms with Gasteiger partial charge in [-0.15, -0.1) is 0 Å². The number of nitrogens with one attached hydrogen (secondary N) is 2. The zero-order valence-corrected chi connectivity index (χ0v) is 9.55. The molecule has 0 aromatic heterocycles. The van der Waals surface area contributed by atoms with Crippen LogP contribution in [0.15, 0.2) is 18.2 Å². The molecule has 1 aromatic carbocycles. The molecular formula is C12H16FN3. The van der Waals surface area contributed by atoms with E-state index in [0.29, 0.717) is 23.7 Å². The molecule has 1 unspecified atom stereocenters. The number of hydrogen-bond acceptors (Lipinski definition) is 3. The molecule has 0 aliphatic rings. The summed E-state index contributed by atoms with van der Waals surface area (Å²) in [7, 11) is 1.89. The van der Waals surface area contributed by atoms with Crippen LogP contribution in [-0.4, -0.2) is 20.1 Å². The third kappa shape index (κ3) is 3.52. The van der Waals surface area contributed by atoms with Crippen molar-refractivity contribution in [3.05, 3.63) is 29.6 Å². The lowest BCUT2D eigenvalue weighted by Gasteiger charge is -2.13. The Labute approximate surface area is 95.3 Å². The van der Waals surface area contributed by atoms with E-state index in [0.717, 1.165) is 6.54 Å². The van der Waals surface area contributed by atoms with Gasteiger partial charge in [0, 0.05) is 6.54 Å². The molecule has 0 aliphatic carbocycles. The fourth-order valence-corrected chi connectivity index (χ4v) is 1.43. The Hall–Kier alpha value is -1.60. The highest BCUT2D eigenvalue weighted by Crippen LogP contribution is 2.15. The van der Waals surface area contributed by atoms with Crippen molar-refractivity contribution in [1.82, 2.24) is 5.32 Å². The van der Waals surface area contributed by atoms with Gasteiger partial charge in [-0.3, -0.25) is 0 Å². The van der Waals surface area contributed by atoms with Crippen molar-refractivity contribution in [3.63, 3.8) is 0 Å². The molecule has 4 heteroatoms. The first-order chi connectivity index (χ1) is 7.67. The van der Waals surface area contributed by atoms with Crippen LogP contribution in [0.5, 0.6) is 0 Å². The van der Waals surface area contributed by atoms with Gasteiger partial charge in [0.2, 0.25) is 0 Å². The van der Waals surface area contributed by atoms with Crippen LogP contribution in [0.1, 0.15) is 12.5 Å². The number of rotatable bonds is 5. The van der Waals surface area contributed by atoms with Gasteiger partial charge in [-0.2, -0.15) is 5.26 Å². The molecule has 0 radical (unpaired) electrons. The fourth-order valence-electron chi connectivity index (χ4n) is 1.43. The fraction of sp³-hybridized carbons (Fsp3) is 0.417. The standard InChI is InChI=1S/C12H16FN3/c1-9(7-15-2)8-16-12-4-3-10(6-14)5-11(12)13/h3-5,9,15-16H,7-8H2,1-2H3. The topological polar surface area (TPSA) is 47.8 Å². The van der Waals surface area contributed by atoms with Crippen LogP contribution in [0.25, 0.3) is 0 Å². The summed E-state index contributed by atoms with van der Waals surface area (Å²) in [5.74, 6) is 0.0377. The Morgan fingerprint density at radius 3 is 2.75 bits per heavy atom. The number of nitrogens with zero attached hydrogens (tertiary/aromatic N) is 1. The first kappa shape index (κ1) is 12.5. The summed E-state index contributed by atoms with van der Waals surface area (Å²) >= 11 is 0. The molecule has 0 amide bonds. The Kier molecular flexibility index (Phi) is 4.74. The Morgan fingerprint density at radius 1 is 1.44 bits per heavy atom. The molecule has 1 aromatic rings. The third-order valence-electron chi connectivity index (χ3n) is 2.29. The van der Waals surface area contributed by atoms with Gasteiger partial charge in [0.15, 0.2) is 0 Å². The van der Waals surface area contributed by atoms with Gasteiger partial charge < -0.3 is 10.6 Å². The minimum atomic E-state index is -0.379. The number of hydrogen-bond donors (Lipinski definition) is 2.